The van der Waals surface area contributed by atoms with Crippen LogP contribution in [0.5, 0.6) is 0 Å². The average molecular weight is 263 g/mol. The van der Waals surface area contributed by atoms with Gasteiger partial charge in [0.1, 0.15) is 6.04 Å². The van der Waals surface area contributed by atoms with Crippen LogP contribution in [-0.2, 0) is 19.8 Å². The minimum Gasteiger partial charge on any atom is -0.294 e. The molecule has 8 heteroatoms. The number of carbonyl (C=O) groups is 2. The van der Waals surface area contributed by atoms with Crippen LogP contribution in [0.2, 0.25) is 0 Å². The van der Waals surface area contributed by atoms with E-state index in [-0.39, 0.29) is 6.54 Å². The summed E-state index contributed by atoms with van der Waals surface area (Å²) in [5.74, 6) is -1.18. The molecule has 1 unspecified atom stereocenters. The van der Waals surface area contributed by atoms with Crippen LogP contribution in [0.1, 0.15) is 20.8 Å². The summed E-state index contributed by atoms with van der Waals surface area (Å²) >= 11 is 0. The van der Waals surface area contributed by atoms with Gasteiger partial charge < -0.3 is 0 Å². The number of imide groups is 1. The van der Waals surface area contributed by atoms with Gasteiger partial charge in [-0.3, -0.25) is 14.9 Å². The third-order valence-corrected chi connectivity index (χ3v) is 4.91. The predicted octanol–water partition coefficient (Wildman–Crippen LogP) is -1.08. The Balaban J connectivity index is 3.05. The van der Waals surface area contributed by atoms with Crippen molar-refractivity contribution in [2.75, 3.05) is 19.6 Å². The zero-order valence-corrected chi connectivity index (χ0v) is 11.0. The molecule has 17 heavy (non-hydrogen) atoms. The van der Waals surface area contributed by atoms with Crippen LogP contribution in [0.25, 0.3) is 0 Å². The molecule has 1 saturated heterocycles. The lowest BCUT2D eigenvalue weighted by atomic mass is 10.2. The summed E-state index contributed by atoms with van der Waals surface area (Å²) in [5, 5.41) is 2.10. The quantitative estimate of drug-likeness (QED) is 0.654. The molecule has 1 aliphatic heterocycles. The first-order valence-electron chi connectivity index (χ1n) is 5.45. The minimum atomic E-state index is -3.75. The van der Waals surface area contributed by atoms with Gasteiger partial charge >= 0.3 is 0 Å². The second kappa shape index (κ2) is 5.11. The average Bonchev–Trinajstić information content (AvgIpc) is 2.24. The van der Waals surface area contributed by atoms with Crippen molar-refractivity contribution in [3.05, 3.63) is 0 Å². The van der Waals surface area contributed by atoms with Gasteiger partial charge in [0.25, 0.3) is 10.2 Å². The molecule has 0 spiro atoms. The smallest absolute Gasteiger partial charge is 0.283 e. The number of rotatable bonds is 4. The van der Waals surface area contributed by atoms with E-state index in [2.05, 4.69) is 5.32 Å². The van der Waals surface area contributed by atoms with Crippen LogP contribution < -0.4 is 5.32 Å². The normalized spacial score (nSPS) is 22.9. The molecule has 7 nitrogen and oxygen atoms in total. The Kier molecular flexibility index (Phi) is 4.23. The van der Waals surface area contributed by atoms with Crippen molar-refractivity contribution in [2.45, 2.75) is 26.8 Å². The van der Waals surface area contributed by atoms with Crippen molar-refractivity contribution in [2.24, 2.45) is 0 Å². The summed E-state index contributed by atoms with van der Waals surface area (Å²) in [5.41, 5.74) is 0. The molecule has 0 radical (unpaired) electrons. The highest BCUT2D eigenvalue weighted by Crippen LogP contribution is 2.14. The van der Waals surface area contributed by atoms with Crippen LogP contribution in [0, 0.1) is 0 Å². The van der Waals surface area contributed by atoms with Crippen LogP contribution >= 0.6 is 0 Å². The number of amides is 2. The maximum atomic E-state index is 12.2. The lowest BCUT2D eigenvalue weighted by molar-refractivity contribution is -0.136. The maximum Gasteiger partial charge on any atom is 0.283 e. The maximum absolute atomic E-state index is 12.2. The molecular weight excluding hydrogens is 246 g/mol. The molecule has 1 rings (SSSR count). The minimum absolute atomic E-state index is 0.303. The van der Waals surface area contributed by atoms with E-state index in [1.54, 1.807) is 13.8 Å². The molecule has 1 fully saturated rings. The van der Waals surface area contributed by atoms with E-state index in [0.717, 1.165) is 4.31 Å². The molecular formula is C9H17N3O4S. The second-order valence-corrected chi connectivity index (χ2v) is 5.61. The van der Waals surface area contributed by atoms with Gasteiger partial charge in [0.2, 0.25) is 11.8 Å². The first kappa shape index (κ1) is 14.1. The van der Waals surface area contributed by atoms with Crippen molar-refractivity contribution in [1.29, 1.82) is 0 Å². The standard InChI is InChI=1S/C9H17N3O4S/c1-4-11(5-2)17(15,16)12-6-8(13)10-9(14)7(12)3/h7H,4-6H2,1-3H3,(H,10,13,14). The van der Waals surface area contributed by atoms with Gasteiger partial charge in [-0.15, -0.1) is 0 Å². The van der Waals surface area contributed by atoms with Crippen molar-refractivity contribution < 1.29 is 18.0 Å². The molecule has 0 saturated carbocycles. The molecule has 2 amide bonds. The molecule has 0 aromatic carbocycles. The fourth-order valence-electron chi connectivity index (χ4n) is 1.67. The van der Waals surface area contributed by atoms with Crippen molar-refractivity contribution in [3.8, 4) is 0 Å². The van der Waals surface area contributed by atoms with E-state index in [1.165, 1.54) is 11.2 Å². The van der Waals surface area contributed by atoms with Gasteiger partial charge in [-0.05, 0) is 6.92 Å². The van der Waals surface area contributed by atoms with Gasteiger partial charge in [0.15, 0.2) is 0 Å². The van der Waals surface area contributed by atoms with Crippen LogP contribution in [0.3, 0.4) is 0 Å². The number of piperazine rings is 1. The Hall–Kier alpha value is -0.990. The van der Waals surface area contributed by atoms with E-state index >= 15 is 0 Å². The van der Waals surface area contributed by atoms with Crippen LogP contribution in [-0.4, -0.2) is 54.5 Å². The predicted molar refractivity (Wildman–Crippen MR) is 61.2 cm³/mol. The van der Waals surface area contributed by atoms with Gasteiger partial charge in [0.05, 0.1) is 6.54 Å². The first-order chi connectivity index (χ1) is 7.84. The van der Waals surface area contributed by atoms with Crippen LogP contribution in [0.15, 0.2) is 0 Å². The molecule has 0 aliphatic carbocycles. The van der Waals surface area contributed by atoms with Crippen molar-refractivity contribution in [3.63, 3.8) is 0 Å². The third-order valence-electron chi connectivity index (χ3n) is 2.70. The zero-order valence-electron chi connectivity index (χ0n) is 10.1. The molecule has 1 heterocycles. The summed E-state index contributed by atoms with van der Waals surface area (Å²) in [6.45, 7) is 5.17. The highest BCUT2D eigenvalue weighted by atomic mass is 32.2. The molecule has 0 aromatic rings. The number of nitrogens with one attached hydrogen (secondary N) is 1. The molecule has 1 aliphatic rings. The lowest BCUT2D eigenvalue weighted by Crippen LogP contribution is -2.61. The van der Waals surface area contributed by atoms with Gasteiger partial charge in [-0.1, -0.05) is 13.8 Å². The number of hydrogen-bond acceptors (Lipinski definition) is 4. The van der Waals surface area contributed by atoms with Gasteiger partial charge in [-0.2, -0.15) is 17.0 Å². The largest absolute Gasteiger partial charge is 0.294 e. The Morgan fingerprint density at radius 1 is 1.35 bits per heavy atom. The summed E-state index contributed by atoms with van der Waals surface area (Å²) in [7, 11) is -3.75. The monoisotopic (exact) mass is 263 g/mol. The van der Waals surface area contributed by atoms with Crippen molar-refractivity contribution >= 4 is 22.0 Å². The molecule has 1 atom stereocenters. The highest BCUT2D eigenvalue weighted by molar-refractivity contribution is 7.86. The zero-order chi connectivity index (χ0) is 13.2. The van der Waals surface area contributed by atoms with E-state index in [9.17, 15) is 18.0 Å². The number of carbonyl (C=O) groups excluding carboxylic acids is 2. The summed E-state index contributed by atoms with van der Waals surface area (Å²) in [6.07, 6.45) is 0. The van der Waals surface area contributed by atoms with Crippen LogP contribution in [0.4, 0.5) is 0 Å². The molecule has 0 aromatic heterocycles. The Labute approximate surface area is 101 Å². The van der Waals surface area contributed by atoms with Crippen molar-refractivity contribution in [1.82, 2.24) is 13.9 Å². The van der Waals surface area contributed by atoms with E-state index in [1.807, 2.05) is 0 Å². The second-order valence-electron chi connectivity index (χ2n) is 3.73. The fourth-order valence-corrected chi connectivity index (χ4v) is 3.40. The fraction of sp³-hybridized carbons (Fsp3) is 0.778. The summed E-state index contributed by atoms with van der Waals surface area (Å²) in [6, 6.07) is -0.863. The van der Waals surface area contributed by atoms with E-state index < -0.39 is 28.1 Å². The number of nitrogens with zero attached hydrogens (tertiary/aromatic N) is 2. The van der Waals surface area contributed by atoms with E-state index in [4.69, 9.17) is 0 Å². The molecule has 98 valence electrons. The SMILES string of the molecule is CCN(CC)S(=O)(=O)N1CC(=O)NC(=O)C1C. The number of hydrogen-bond donors (Lipinski definition) is 1. The Morgan fingerprint density at radius 3 is 2.35 bits per heavy atom. The Morgan fingerprint density at radius 2 is 1.88 bits per heavy atom. The van der Waals surface area contributed by atoms with Gasteiger partial charge in [0, 0.05) is 13.1 Å². The lowest BCUT2D eigenvalue weighted by Gasteiger charge is -2.34. The first-order valence-corrected chi connectivity index (χ1v) is 6.84. The molecule has 1 N–H and O–H groups in total. The van der Waals surface area contributed by atoms with E-state index in [0.29, 0.717) is 13.1 Å². The Bertz CT molecular complexity index is 416. The highest BCUT2D eigenvalue weighted by Gasteiger charge is 2.40. The summed E-state index contributed by atoms with van der Waals surface area (Å²) < 4.78 is 26.5. The molecule has 0 bridgehead atoms. The topological polar surface area (TPSA) is 86.8 Å². The van der Waals surface area contributed by atoms with Gasteiger partial charge in [-0.25, -0.2) is 0 Å². The third kappa shape index (κ3) is 2.64. The summed E-state index contributed by atoms with van der Waals surface area (Å²) in [4.78, 5) is 22.6.